The fraction of sp³-hybridized carbons (Fsp3) is 0.240. The van der Waals surface area contributed by atoms with E-state index in [0.717, 1.165) is 22.3 Å². The van der Waals surface area contributed by atoms with Crippen LogP contribution >= 0.6 is 23.1 Å². The van der Waals surface area contributed by atoms with E-state index in [1.54, 1.807) is 5.51 Å². The fourth-order valence-electron chi connectivity index (χ4n) is 4.29. The molecule has 11 heteroatoms. The van der Waals surface area contributed by atoms with Crippen LogP contribution in [-0.4, -0.2) is 50.2 Å². The van der Waals surface area contributed by atoms with E-state index in [1.807, 2.05) is 48.5 Å². The number of benzene rings is 2. The summed E-state index contributed by atoms with van der Waals surface area (Å²) in [5.41, 5.74) is 6.31. The zero-order valence-electron chi connectivity index (χ0n) is 19.0. The van der Waals surface area contributed by atoms with Crippen molar-refractivity contribution in [3.05, 3.63) is 87.3 Å². The SMILES string of the molecule is O=C(NC(CCSCc1cc(=O)n2ncsc2n1)C(=O)O)OCC1c2ccccc2-c2ccccc21. The molecule has 0 fully saturated rings. The van der Waals surface area contributed by atoms with Crippen LogP contribution in [0.1, 0.15) is 29.2 Å². The first kappa shape index (κ1) is 24.0. The van der Waals surface area contributed by atoms with Crippen LogP contribution in [0.25, 0.3) is 16.1 Å². The molecule has 184 valence electrons. The molecule has 1 amide bonds. The number of amides is 1. The van der Waals surface area contributed by atoms with Crippen molar-refractivity contribution in [1.29, 1.82) is 0 Å². The lowest BCUT2D eigenvalue weighted by Crippen LogP contribution is -2.41. The summed E-state index contributed by atoms with van der Waals surface area (Å²) in [4.78, 5) is 41.1. The largest absolute Gasteiger partial charge is 0.480 e. The minimum absolute atomic E-state index is 0.102. The lowest BCUT2D eigenvalue weighted by atomic mass is 9.98. The fourth-order valence-corrected chi connectivity index (χ4v) is 5.84. The van der Waals surface area contributed by atoms with Crippen molar-refractivity contribution in [3.63, 3.8) is 0 Å². The van der Waals surface area contributed by atoms with Gasteiger partial charge in [0.15, 0.2) is 0 Å². The first-order valence-corrected chi connectivity index (χ1v) is 13.3. The molecule has 4 aromatic rings. The van der Waals surface area contributed by atoms with E-state index in [1.165, 1.54) is 33.7 Å². The van der Waals surface area contributed by atoms with E-state index < -0.39 is 18.1 Å². The molecule has 2 heterocycles. The summed E-state index contributed by atoms with van der Waals surface area (Å²) >= 11 is 2.70. The third kappa shape index (κ3) is 4.98. The highest BCUT2D eigenvalue weighted by Crippen LogP contribution is 2.44. The third-order valence-electron chi connectivity index (χ3n) is 5.97. The van der Waals surface area contributed by atoms with E-state index in [2.05, 4.69) is 15.4 Å². The van der Waals surface area contributed by atoms with Gasteiger partial charge in [-0.15, -0.1) is 0 Å². The number of rotatable bonds is 9. The van der Waals surface area contributed by atoms with Gasteiger partial charge >= 0.3 is 12.1 Å². The number of nitrogens with one attached hydrogen (secondary N) is 1. The summed E-state index contributed by atoms with van der Waals surface area (Å²) in [6.07, 6.45) is -0.564. The summed E-state index contributed by atoms with van der Waals surface area (Å²) in [6, 6.07) is 16.3. The normalized spacial score (nSPS) is 13.2. The van der Waals surface area contributed by atoms with Crippen LogP contribution in [0.5, 0.6) is 0 Å². The number of aromatic nitrogens is 3. The Kier molecular flexibility index (Phi) is 7.01. The Labute approximate surface area is 214 Å². The minimum Gasteiger partial charge on any atom is -0.480 e. The number of carbonyl (C=O) groups is 2. The van der Waals surface area contributed by atoms with Crippen molar-refractivity contribution in [2.75, 3.05) is 12.4 Å². The van der Waals surface area contributed by atoms with Crippen molar-refractivity contribution in [2.45, 2.75) is 24.1 Å². The summed E-state index contributed by atoms with van der Waals surface area (Å²) in [7, 11) is 0. The quantitative estimate of drug-likeness (QED) is 0.319. The van der Waals surface area contributed by atoms with Gasteiger partial charge < -0.3 is 15.2 Å². The Morgan fingerprint density at radius 2 is 1.83 bits per heavy atom. The minimum atomic E-state index is -1.13. The van der Waals surface area contributed by atoms with E-state index >= 15 is 0 Å². The number of carbonyl (C=O) groups excluding carboxylic acids is 1. The Morgan fingerprint density at radius 1 is 1.14 bits per heavy atom. The van der Waals surface area contributed by atoms with Crippen LogP contribution in [0.3, 0.4) is 0 Å². The molecular weight excluding hydrogens is 500 g/mol. The molecule has 0 spiro atoms. The Morgan fingerprint density at radius 3 is 2.53 bits per heavy atom. The first-order chi connectivity index (χ1) is 17.5. The number of aliphatic carboxylic acids is 1. The molecule has 0 saturated carbocycles. The van der Waals surface area contributed by atoms with Gasteiger partial charge in [-0.3, -0.25) is 4.79 Å². The highest BCUT2D eigenvalue weighted by atomic mass is 32.2. The number of hydrogen-bond donors (Lipinski definition) is 2. The molecule has 1 aliphatic carbocycles. The molecular formula is C25H22N4O5S2. The number of fused-ring (bicyclic) bond motifs is 4. The average molecular weight is 523 g/mol. The standard InChI is InChI=1S/C25H22N4O5S2/c30-22-11-15(27-24-29(22)26-14-36-24)13-35-10-9-21(23(31)32)28-25(33)34-12-20-18-7-3-1-5-16(18)17-6-2-4-8-19(17)20/h1-8,11,14,20-21H,9-10,12-13H2,(H,28,33)(H,31,32). The predicted molar refractivity (Wildman–Crippen MR) is 138 cm³/mol. The molecule has 0 saturated heterocycles. The van der Waals surface area contributed by atoms with Crippen LogP contribution in [0.2, 0.25) is 0 Å². The number of carboxylic acid groups (broad SMARTS) is 1. The van der Waals surface area contributed by atoms with Crippen LogP contribution in [0.4, 0.5) is 4.79 Å². The molecule has 2 aromatic heterocycles. The second kappa shape index (κ2) is 10.5. The summed E-state index contributed by atoms with van der Waals surface area (Å²) < 4.78 is 6.70. The molecule has 1 aliphatic rings. The number of thioether (sulfide) groups is 1. The zero-order valence-corrected chi connectivity index (χ0v) is 20.6. The number of alkyl carbamates (subject to hydrolysis) is 1. The summed E-state index contributed by atoms with van der Waals surface area (Å²) in [5.74, 6) is -0.341. The number of ether oxygens (including phenoxy) is 1. The van der Waals surface area contributed by atoms with Gasteiger partial charge in [-0.25, -0.2) is 14.6 Å². The van der Waals surface area contributed by atoms with Gasteiger partial charge in [0, 0.05) is 17.7 Å². The topological polar surface area (TPSA) is 123 Å². The van der Waals surface area contributed by atoms with Gasteiger partial charge in [-0.1, -0.05) is 59.9 Å². The molecule has 1 atom stereocenters. The van der Waals surface area contributed by atoms with Crippen LogP contribution < -0.4 is 10.9 Å². The molecule has 36 heavy (non-hydrogen) atoms. The molecule has 0 bridgehead atoms. The van der Waals surface area contributed by atoms with Gasteiger partial charge in [-0.05, 0) is 34.4 Å². The summed E-state index contributed by atoms with van der Waals surface area (Å²) in [5, 5.41) is 16.0. The lowest BCUT2D eigenvalue weighted by Gasteiger charge is -2.17. The molecule has 9 nitrogen and oxygen atoms in total. The molecule has 1 unspecified atom stereocenters. The van der Waals surface area contributed by atoms with Gasteiger partial charge in [0.2, 0.25) is 4.96 Å². The average Bonchev–Trinajstić information content (AvgIpc) is 3.48. The Balaban J connectivity index is 1.14. The maximum atomic E-state index is 12.5. The van der Waals surface area contributed by atoms with Crippen LogP contribution in [-0.2, 0) is 15.3 Å². The van der Waals surface area contributed by atoms with Gasteiger partial charge in [0.1, 0.15) is 18.2 Å². The van der Waals surface area contributed by atoms with Crippen molar-refractivity contribution >= 4 is 40.1 Å². The van der Waals surface area contributed by atoms with Gasteiger partial charge in [0.05, 0.1) is 5.69 Å². The van der Waals surface area contributed by atoms with E-state index in [-0.39, 0.29) is 24.5 Å². The van der Waals surface area contributed by atoms with E-state index in [4.69, 9.17) is 4.74 Å². The van der Waals surface area contributed by atoms with Gasteiger partial charge in [0.25, 0.3) is 5.56 Å². The molecule has 0 radical (unpaired) electrons. The van der Waals surface area contributed by atoms with Crippen LogP contribution in [0, 0.1) is 0 Å². The Hall–Kier alpha value is -3.70. The van der Waals surface area contributed by atoms with Crippen molar-refractivity contribution in [2.24, 2.45) is 0 Å². The first-order valence-electron chi connectivity index (χ1n) is 11.3. The van der Waals surface area contributed by atoms with Crippen LogP contribution in [0.15, 0.2) is 64.9 Å². The second-order valence-corrected chi connectivity index (χ2v) is 10.1. The maximum Gasteiger partial charge on any atom is 0.407 e. The summed E-state index contributed by atoms with van der Waals surface area (Å²) in [6.45, 7) is 0.113. The highest BCUT2D eigenvalue weighted by molar-refractivity contribution is 7.98. The molecule has 2 N–H and O–H groups in total. The molecule has 2 aromatic carbocycles. The monoisotopic (exact) mass is 522 g/mol. The van der Waals surface area contributed by atoms with Crippen molar-refractivity contribution in [3.8, 4) is 11.1 Å². The number of carboxylic acids is 1. The second-order valence-electron chi connectivity index (χ2n) is 8.22. The molecule has 0 aliphatic heterocycles. The molecule has 5 rings (SSSR count). The highest BCUT2D eigenvalue weighted by Gasteiger charge is 2.29. The van der Waals surface area contributed by atoms with Crippen molar-refractivity contribution < 1.29 is 19.4 Å². The predicted octanol–water partition coefficient (Wildman–Crippen LogP) is 3.77. The number of hydrogen-bond acceptors (Lipinski definition) is 8. The van der Waals surface area contributed by atoms with E-state index in [9.17, 15) is 19.5 Å². The third-order valence-corrected chi connectivity index (χ3v) is 7.67. The van der Waals surface area contributed by atoms with E-state index in [0.29, 0.717) is 22.2 Å². The smallest absolute Gasteiger partial charge is 0.407 e. The number of nitrogens with zero attached hydrogens (tertiary/aromatic N) is 3. The zero-order chi connectivity index (χ0) is 25.1. The maximum absolute atomic E-state index is 12.5. The Bertz CT molecular complexity index is 1440. The van der Waals surface area contributed by atoms with Crippen molar-refractivity contribution in [1.82, 2.24) is 19.9 Å². The lowest BCUT2D eigenvalue weighted by molar-refractivity contribution is -0.139. The van der Waals surface area contributed by atoms with Gasteiger partial charge in [-0.2, -0.15) is 21.4 Å².